The number of aromatic nitrogens is 3. The van der Waals surface area contributed by atoms with Crippen molar-refractivity contribution in [1.29, 1.82) is 0 Å². The van der Waals surface area contributed by atoms with Crippen LogP contribution in [0.2, 0.25) is 0 Å². The molecule has 1 fully saturated rings. The molecule has 1 aliphatic heterocycles. The number of nitrogens with one attached hydrogen (secondary N) is 2. The highest BCUT2D eigenvalue weighted by molar-refractivity contribution is 7.18. The molecule has 2 aromatic rings. The van der Waals surface area contributed by atoms with Crippen molar-refractivity contribution in [1.82, 2.24) is 20.5 Å². The van der Waals surface area contributed by atoms with Gasteiger partial charge in [-0.25, -0.2) is 0 Å². The van der Waals surface area contributed by atoms with Crippen molar-refractivity contribution in [2.24, 2.45) is 5.92 Å². The van der Waals surface area contributed by atoms with E-state index in [-0.39, 0.29) is 11.8 Å². The Morgan fingerprint density at radius 2 is 2.37 bits per heavy atom. The first-order valence-electron chi connectivity index (χ1n) is 6.09. The maximum Gasteiger partial charge on any atom is 0.230 e. The molecule has 0 radical (unpaired) electrons. The summed E-state index contributed by atoms with van der Waals surface area (Å²) in [7, 11) is 0. The summed E-state index contributed by atoms with van der Waals surface area (Å²) in [6.07, 6.45) is 2.58. The quantitative estimate of drug-likeness (QED) is 0.878. The van der Waals surface area contributed by atoms with Crippen LogP contribution >= 0.6 is 11.3 Å². The van der Waals surface area contributed by atoms with E-state index in [0.29, 0.717) is 10.1 Å². The van der Waals surface area contributed by atoms with Gasteiger partial charge in [0, 0.05) is 12.7 Å². The highest BCUT2D eigenvalue weighted by atomic mass is 32.1. The lowest BCUT2D eigenvalue weighted by Crippen LogP contribution is -2.24. The molecule has 0 spiro atoms. The lowest BCUT2D eigenvalue weighted by atomic mass is 10.1. The fourth-order valence-corrected chi connectivity index (χ4v) is 2.68. The summed E-state index contributed by atoms with van der Waals surface area (Å²) in [6.45, 7) is 1.63. The Bertz CT molecular complexity index is 565. The van der Waals surface area contributed by atoms with Crippen LogP contribution in [0.4, 0.5) is 5.13 Å². The monoisotopic (exact) mass is 275 g/mol. The summed E-state index contributed by atoms with van der Waals surface area (Å²) in [6, 6.07) is 5.61. The van der Waals surface area contributed by atoms with Gasteiger partial charge in [0.2, 0.25) is 11.0 Å². The van der Waals surface area contributed by atoms with Crippen LogP contribution in [0.25, 0.3) is 10.7 Å². The van der Waals surface area contributed by atoms with E-state index >= 15 is 0 Å². The summed E-state index contributed by atoms with van der Waals surface area (Å²) in [5.74, 6) is 0.0379. The zero-order valence-electron chi connectivity index (χ0n) is 10.2. The molecule has 19 heavy (non-hydrogen) atoms. The SMILES string of the molecule is O=C(Nc1nnc(-c2ccccn2)s1)C1CCNC1. The van der Waals surface area contributed by atoms with Crippen LogP contribution in [-0.2, 0) is 4.79 Å². The molecule has 1 saturated heterocycles. The number of carbonyl (C=O) groups excluding carboxylic acids is 1. The van der Waals surface area contributed by atoms with Gasteiger partial charge in [0.1, 0.15) is 5.69 Å². The first-order chi connectivity index (χ1) is 9.33. The van der Waals surface area contributed by atoms with Gasteiger partial charge in [-0.1, -0.05) is 17.4 Å². The van der Waals surface area contributed by atoms with E-state index in [0.717, 1.165) is 25.2 Å². The maximum atomic E-state index is 11.9. The maximum absolute atomic E-state index is 11.9. The van der Waals surface area contributed by atoms with Gasteiger partial charge < -0.3 is 10.6 Å². The average Bonchev–Trinajstić information content (AvgIpc) is 3.11. The van der Waals surface area contributed by atoms with Crippen molar-refractivity contribution in [2.75, 3.05) is 18.4 Å². The molecule has 0 aromatic carbocycles. The Labute approximate surface area is 114 Å². The highest BCUT2D eigenvalue weighted by Gasteiger charge is 2.23. The van der Waals surface area contributed by atoms with Gasteiger partial charge in [0.15, 0.2) is 5.01 Å². The van der Waals surface area contributed by atoms with Crippen molar-refractivity contribution < 1.29 is 4.79 Å². The molecule has 1 unspecified atom stereocenters. The zero-order valence-corrected chi connectivity index (χ0v) is 11.0. The van der Waals surface area contributed by atoms with Crippen molar-refractivity contribution in [2.45, 2.75) is 6.42 Å². The number of anilines is 1. The van der Waals surface area contributed by atoms with Crippen LogP contribution in [0.15, 0.2) is 24.4 Å². The molecular weight excluding hydrogens is 262 g/mol. The van der Waals surface area contributed by atoms with E-state index < -0.39 is 0 Å². The largest absolute Gasteiger partial charge is 0.316 e. The minimum absolute atomic E-state index is 0.00807. The first-order valence-corrected chi connectivity index (χ1v) is 6.91. The predicted octanol–water partition coefficient (Wildman–Crippen LogP) is 1.15. The Kier molecular flexibility index (Phi) is 3.47. The van der Waals surface area contributed by atoms with Crippen LogP contribution in [0.3, 0.4) is 0 Å². The standard InChI is InChI=1S/C12H13N5OS/c18-10(8-4-6-13-7-8)15-12-17-16-11(19-12)9-3-1-2-5-14-9/h1-3,5,8,13H,4,6-7H2,(H,15,17,18). The number of amides is 1. The van der Waals surface area contributed by atoms with E-state index in [4.69, 9.17) is 0 Å². The van der Waals surface area contributed by atoms with Gasteiger partial charge in [0.25, 0.3) is 0 Å². The molecule has 2 N–H and O–H groups in total. The molecular formula is C12H13N5OS. The predicted molar refractivity (Wildman–Crippen MR) is 72.7 cm³/mol. The Balaban J connectivity index is 1.70. The van der Waals surface area contributed by atoms with Gasteiger partial charge in [-0.2, -0.15) is 0 Å². The first kappa shape index (κ1) is 12.2. The second-order valence-electron chi connectivity index (χ2n) is 4.31. The number of nitrogens with zero attached hydrogens (tertiary/aromatic N) is 3. The van der Waals surface area contributed by atoms with E-state index in [1.165, 1.54) is 11.3 Å². The van der Waals surface area contributed by atoms with E-state index in [9.17, 15) is 4.79 Å². The van der Waals surface area contributed by atoms with Crippen LogP contribution in [0, 0.1) is 5.92 Å². The zero-order chi connectivity index (χ0) is 13.1. The molecule has 0 aliphatic carbocycles. The summed E-state index contributed by atoms with van der Waals surface area (Å²) in [4.78, 5) is 16.1. The lowest BCUT2D eigenvalue weighted by Gasteiger charge is -2.05. The molecule has 1 amide bonds. The number of pyridine rings is 1. The third-order valence-corrected chi connectivity index (χ3v) is 3.83. The van der Waals surface area contributed by atoms with Gasteiger partial charge >= 0.3 is 0 Å². The minimum Gasteiger partial charge on any atom is -0.316 e. The Hall–Kier alpha value is -1.86. The molecule has 0 saturated carbocycles. The van der Waals surface area contributed by atoms with Crippen LogP contribution in [-0.4, -0.2) is 34.2 Å². The molecule has 1 aliphatic rings. The van der Waals surface area contributed by atoms with E-state index in [1.54, 1.807) is 6.20 Å². The van der Waals surface area contributed by atoms with Crippen molar-refractivity contribution in [3.63, 3.8) is 0 Å². The van der Waals surface area contributed by atoms with Gasteiger partial charge in [-0.15, -0.1) is 10.2 Å². The molecule has 7 heteroatoms. The summed E-state index contributed by atoms with van der Waals surface area (Å²) >= 11 is 1.34. The highest BCUT2D eigenvalue weighted by Crippen LogP contribution is 2.25. The van der Waals surface area contributed by atoms with E-state index in [1.807, 2.05) is 18.2 Å². The topological polar surface area (TPSA) is 79.8 Å². The Morgan fingerprint density at radius 3 is 3.11 bits per heavy atom. The molecule has 6 nitrogen and oxygen atoms in total. The van der Waals surface area contributed by atoms with Crippen molar-refractivity contribution in [3.05, 3.63) is 24.4 Å². The lowest BCUT2D eigenvalue weighted by molar-refractivity contribution is -0.119. The summed E-state index contributed by atoms with van der Waals surface area (Å²) < 4.78 is 0. The number of hydrogen-bond donors (Lipinski definition) is 2. The third kappa shape index (κ3) is 2.77. The molecule has 0 bridgehead atoms. The number of hydrogen-bond acceptors (Lipinski definition) is 6. The second-order valence-corrected chi connectivity index (χ2v) is 5.28. The second kappa shape index (κ2) is 5.41. The smallest absolute Gasteiger partial charge is 0.230 e. The summed E-state index contributed by atoms with van der Waals surface area (Å²) in [5.41, 5.74) is 0.767. The van der Waals surface area contributed by atoms with Crippen LogP contribution in [0.5, 0.6) is 0 Å². The average molecular weight is 275 g/mol. The van der Waals surface area contributed by atoms with Gasteiger partial charge in [-0.05, 0) is 25.1 Å². The summed E-state index contributed by atoms with van der Waals surface area (Å²) in [5, 5.41) is 15.2. The number of carbonyl (C=O) groups is 1. The van der Waals surface area contributed by atoms with Gasteiger partial charge in [0.05, 0.1) is 5.92 Å². The molecule has 1 atom stereocenters. The van der Waals surface area contributed by atoms with E-state index in [2.05, 4.69) is 25.8 Å². The van der Waals surface area contributed by atoms with Crippen LogP contribution < -0.4 is 10.6 Å². The Morgan fingerprint density at radius 1 is 1.42 bits per heavy atom. The number of rotatable bonds is 3. The fraction of sp³-hybridized carbons (Fsp3) is 0.333. The van der Waals surface area contributed by atoms with Gasteiger partial charge in [-0.3, -0.25) is 9.78 Å². The van der Waals surface area contributed by atoms with Crippen molar-refractivity contribution in [3.8, 4) is 10.7 Å². The van der Waals surface area contributed by atoms with Crippen molar-refractivity contribution >= 4 is 22.4 Å². The normalized spacial score (nSPS) is 18.4. The minimum atomic E-state index is 0.00807. The fourth-order valence-electron chi connectivity index (χ4n) is 1.95. The van der Waals surface area contributed by atoms with Crippen LogP contribution in [0.1, 0.15) is 6.42 Å². The molecule has 98 valence electrons. The molecule has 3 heterocycles. The third-order valence-electron chi connectivity index (χ3n) is 2.97. The molecule has 3 rings (SSSR count). The molecule has 2 aromatic heterocycles.